The molecule has 1 atom stereocenters. The first-order valence-electron chi connectivity index (χ1n) is 10.3. The van der Waals surface area contributed by atoms with Gasteiger partial charge in [-0.2, -0.15) is 9.97 Å². The molecule has 0 saturated heterocycles. The summed E-state index contributed by atoms with van der Waals surface area (Å²) >= 11 is 0. The minimum atomic E-state index is -0.516. The standard InChI is InChI=1S/C23H27N7O/c1-15-8-9-18(19(24)10-15)12-25-21-20-22(29-23(28-21)26-11-16(2)31)30(14-27-20)13-17-6-4-3-5-7-17/h3-10,14,16,31H,11-13,24H2,1-2H3,(H2,25,26,28,29). The predicted molar refractivity (Wildman–Crippen MR) is 124 cm³/mol. The highest BCUT2D eigenvalue weighted by molar-refractivity contribution is 5.84. The molecule has 5 N–H and O–H groups in total. The molecule has 8 heteroatoms. The third-order valence-corrected chi connectivity index (χ3v) is 4.96. The summed E-state index contributed by atoms with van der Waals surface area (Å²) in [4.78, 5) is 13.8. The van der Waals surface area contributed by atoms with Crippen LogP contribution in [-0.2, 0) is 13.1 Å². The first kappa shape index (κ1) is 20.6. The average Bonchev–Trinajstić information content (AvgIpc) is 3.15. The van der Waals surface area contributed by atoms with Crippen LogP contribution in [0.1, 0.15) is 23.6 Å². The highest BCUT2D eigenvalue weighted by Gasteiger charge is 2.14. The maximum atomic E-state index is 9.65. The topological polar surface area (TPSA) is 114 Å². The zero-order valence-electron chi connectivity index (χ0n) is 17.7. The number of rotatable bonds is 8. The van der Waals surface area contributed by atoms with Crippen LogP contribution in [0.5, 0.6) is 0 Å². The lowest BCUT2D eigenvalue weighted by Crippen LogP contribution is -2.18. The van der Waals surface area contributed by atoms with Crippen LogP contribution < -0.4 is 16.4 Å². The van der Waals surface area contributed by atoms with Crippen molar-refractivity contribution in [2.75, 3.05) is 22.9 Å². The number of aryl methyl sites for hydroxylation is 1. The van der Waals surface area contributed by atoms with Crippen molar-refractivity contribution >= 4 is 28.6 Å². The highest BCUT2D eigenvalue weighted by atomic mass is 16.3. The minimum Gasteiger partial charge on any atom is -0.398 e. The van der Waals surface area contributed by atoms with Crippen molar-refractivity contribution in [3.05, 3.63) is 71.5 Å². The van der Waals surface area contributed by atoms with E-state index >= 15 is 0 Å². The van der Waals surface area contributed by atoms with E-state index in [1.54, 1.807) is 13.3 Å². The molecule has 0 bridgehead atoms. The van der Waals surface area contributed by atoms with Crippen LogP contribution in [0.4, 0.5) is 17.5 Å². The molecule has 4 rings (SSSR count). The molecular weight excluding hydrogens is 390 g/mol. The molecule has 31 heavy (non-hydrogen) atoms. The van der Waals surface area contributed by atoms with Gasteiger partial charge in [-0.05, 0) is 36.6 Å². The summed E-state index contributed by atoms with van der Waals surface area (Å²) in [5.41, 5.74) is 11.6. The van der Waals surface area contributed by atoms with Gasteiger partial charge in [0.05, 0.1) is 19.0 Å². The SMILES string of the molecule is Cc1ccc(CNc2nc(NCC(C)O)nc3c2ncn3Cc2ccccc2)c(N)c1. The van der Waals surface area contributed by atoms with E-state index < -0.39 is 6.10 Å². The Balaban J connectivity index is 1.66. The Morgan fingerprint density at radius 3 is 2.65 bits per heavy atom. The second kappa shape index (κ2) is 9.01. The first-order chi connectivity index (χ1) is 15.0. The molecule has 0 radical (unpaired) electrons. The number of aliphatic hydroxyl groups is 1. The second-order valence-corrected chi connectivity index (χ2v) is 7.71. The number of imidazole rings is 1. The number of nitrogens with one attached hydrogen (secondary N) is 2. The fourth-order valence-corrected chi connectivity index (χ4v) is 3.34. The summed E-state index contributed by atoms with van der Waals surface area (Å²) in [7, 11) is 0. The molecule has 0 aliphatic rings. The number of fused-ring (bicyclic) bond motifs is 1. The third kappa shape index (κ3) is 4.92. The Labute approximate surface area is 181 Å². The van der Waals surface area contributed by atoms with Crippen LogP contribution in [0, 0.1) is 6.92 Å². The van der Waals surface area contributed by atoms with Crippen LogP contribution in [0.25, 0.3) is 11.2 Å². The van der Waals surface area contributed by atoms with Gasteiger partial charge in [0.25, 0.3) is 0 Å². The number of aromatic nitrogens is 4. The van der Waals surface area contributed by atoms with Gasteiger partial charge in [-0.3, -0.25) is 0 Å². The predicted octanol–water partition coefficient (Wildman–Crippen LogP) is 3.17. The molecule has 0 fully saturated rings. The molecular formula is C23H27N7O. The van der Waals surface area contributed by atoms with E-state index in [-0.39, 0.29) is 0 Å². The van der Waals surface area contributed by atoms with Crippen molar-refractivity contribution in [2.45, 2.75) is 33.0 Å². The van der Waals surface area contributed by atoms with Gasteiger partial charge in [-0.25, -0.2) is 4.98 Å². The lowest BCUT2D eigenvalue weighted by atomic mass is 10.1. The molecule has 0 aliphatic heterocycles. The monoisotopic (exact) mass is 417 g/mol. The number of nitrogens with two attached hydrogens (primary N) is 1. The van der Waals surface area contributed by atoms with Crippen molar-refractivity contribution in [3.8, 4) is 0 Å². The number of anilines is 3. The van der Waals surface area contributed by atoms with Gasteiger partial charge in [0.2, 0.25) is 5.95 Å². The Hall–Kier alpha value is -3.65. The summed E-state index contributed by atoms with van der Waals surface area (Å²) in [5, 5.41) is 16.1. The maximum absolute atomic E-state index is 9.65. The Kier molecular flexibility index (Phi) is 5.99. The van der Waals surface area contributed by atoms with E-state index in [0.29, 0.717) is 42.6 Å². The largest absolute Gasteiger partial charge is 0.398 e. The zero-order chi connectivity index (χ0) is 21.8. The molecule has 2 aromatic carbocycles. The van der Waals surface area contributed by atoms with E-state index in [2.05, 4.69) is 37.7 Å². The van der Waals surface area contributed by atoms with Crippen molar-refractivity contribution in [1.29, 1.82) is 0 Å². The molecule has 2 aromatic heterocycles. The molecule has 0 amide bonds. The van der Waals surface area contributed by atoms with Gasteiger partial charge in [-0.15, -0.1) is 0 Å². The number of aliphatic hydroxyl groups excluding tert-OH is 1. The van der Waals surface area contributed by atoms with Crippen molar-refractivity contribution in [1.82, 2.24) is 19.5 Å². The van der Waals surface area contributed by atoms with E-state index in [9.17, 15) is 5.11 Å². The summed E-state index contributed by atoms with van der Waals surface area (Å²) < 4.78 is 1.99. The quantitative estimate of drug-likeness (QED) is 0.326. The van der Waals surface area contributed by atoms with E-state index in [1.165, 1.54) is 0 Å². The van der Waals surface area contributed by atoms with Crippen LogP contribution in [0.2, 0.25) is 0 Å². The first-order valence-corrected chi connectivity index (χ1v) is 10.3. The van der Waals surface area contributed by atoms with E-state index in [0.717, 1.165) is 22.4 Å². The van der Waals surface area contributed by atoms with Gasteiger partial charge in [-0.1, -0.05) is 42.5 Å². The summed E-state index contributed by atoms with van der Waals surface area (Å²) in [6.07, 6.45) is 1.26. The Morgan fingerprint density at radius 1 is 1.10 bits per heavy atom. The third-order valence-electron chi connectivity index (χ3n) is 4.96. The highest BCUT2D eigenvalue weighted by Crippen LogP contribution is 2.23. The van der Waals surface area contributed by atoms with Gasteiger partial charge in [0.1, 0.15) is 0 Å². The second-order valence-electron chi connectivity index (χ2n) is 7.71. The summed E-state index contributed by atoms with van der Waals surface area (Å²) in [6, 6.07) is 16.2. The fourth-order valence-electron chi connectivity index (χ4n) is 3.34. The van der Waals surface area contributed by atoms with Crippen molar-refractivity contribution < 1.29 is 5.11 Å². The average molecular weight is 418 g/mol. The summed E-state index contributed by atoms with van der Waals surface area (Å²) in [6.45, 7) is 5.24. The van der Waals surface area contributed by atoms with Crippen LogP contribution in [-0.4, -0.2) is 37.3 Å². The van der Waals surface area contributed by atoms with Gasteiger partial charge in [0, 0.05) is 18.8 Å². The lowest BCUT2D eigenvalue weighted by molar-refractivity contribution is 0.208. The molecule has 2 heterocycles. The Bertz CT molecular complexity index is 1170. The number of nitrogen functional groups attached to an aromatic ring is 1. The Morgan fingerprint density at radius 2 is 1.90 bits per heavy atom. The van der Waals surface area contributed by atoms with Crippen LogP contribution >= 0.6 is 0 Å². The number of hydrogen-bond acceptors (Lipinski definition) is 7. The fraction of sp³-hybridized carbons (Fsp3) is 0.261. The van der Waals surface area contributed by atoms with Crippen molar-refractivity contribution in [3.63, 3.8) is 0 Å². The molecule has 0 aliphatic carbocycles. The smallest absolute Gasteiger partial charge is 0.226 e. The lowest BCUT2D eigenvalue weighted by Gasteiger charge is -2.13. The van der Waals surface area contributed by atoms with Gasteiger partial charge < -0.3 is 26.0 Å². The zero-order valence-corrected chi connectivity index (χ0v) is 17.7. The maximum Gasteiger partial charge on any atom is 0.226 e. The van der Waals surface area contributed by atoms with Gasteiger partial charge >= 0.3 is 0 Å². The van der Waals surface area contributed by atoms with Gasteiger partial charge in [0.15, 0.2) is 17.0 Å². The molecule has 8 nitrogen and oxygen atoms in total. The normalized spacial score (nSPS) is 12.1. The van der Waals surface area contributed by atoms with Crippen molar-refractivity contribution in [2.24, 2.45) is 0 Å². The summed E-state index contributed by atoms with van der Waals surface area (Å²) in [5.74, 6) is 1.05. The molecule has 0 spiro atoms. The molecule has 160 valence electrons. The molecule has 1 unspecified atom stereocenters. The van der Waals surface area contributed by atoms with Crippen LogP contribution in [0.3, 0.4) is 0 Å². The number of benzene rings is 2. The number of nitrogens with zero attached hydrogens (tertiary/aromatic N) is 4. The van der Waals surface area contributed by atoms with E-state index in [1.807, 2.05) is 47.9 Å². The minimum absolute atomic E-state index is 0.350. The molecule has 4 aromatic rings. The number of hydrogen-bond donors (Lipinski definition) is 4. The van der Waals surface area contributed by atoms with Crippen LogP contribution in [0.15, 0.2) is 54.9 Å². The van der Waals surface area contributed by atoms with E-state index in [4.69, 9.17) is 5.73 Å². The molecule has 0 saturated carbocycles.